The van der Waals surface area contributed by atoms with E-state index in [9.17, 15) is 4.79 Å². The molecule has 0 aliphatic carbocycles. The van der Waals surface area contributed by atoms with Gasteiger partial charge in [0.15, 0.2) is 0 Å². The number of pyridine rings is 1. The Kier molecular flexibility index (Phi) is 6.12. The summed E-state index contributed by atoms with van der Waals surface area (Å²) in [5, 5.41) is 2.86. The number of aromatic nitrogens is 3. The van der Waals surface area contributed by atoms with Crippen molar-refractivity contribution in [2.24, 2.45) is 0 Å². The number of carbonyl (C=O) groups excluding carboxylic acids is 1. The third-order valence-corrected chi connectivity index (χ3v) is 2.81. The van der Waals surface area contributed by atoms with Gasteiger partial charge in [0.05, 0.1) is 6.61 Å². The van der Waals surface area contributed by atoms with E-state index in [-0.39, 0.29) is 5.91 Å². The average molecular weight is 286 g/mol. The maximum absolute atomic E-state index is 11.7. The Bertz CT molecular complexity index is 534. The number of nitrogens with one attached hydrogen (secondary N) is 1. The summed E-state index contributed by atoms with van der Waals surface area (Å²) >= 11 is 0. The number of amides is 1. The van der Waals surface area contributed by atoms with E-state index in [0.29, 0.717) is 25.6 Å². The molecule has 2 heterocycles. The highest BCUT2D eigenvalue weighted by Gasteiger charge is 2.02. The first-order valence-electron chi connectivity index (χ1n) is 6.90. The summed E-state index contributed by atoms with van der Waals surface area (Å²) in [6, 6.07) is 5.93. The zero-order chi connectivity index (χ0) is 14.8. The molecule has 2 rings (SSSR count). The molecule has 0 bridgehead atoms. The van der Waals surface area contributed by atoms with Crippen molar-refractivity contribution in [3.63, 3.8) is 0 Å². The van der Waals surface area contributed by atoms with Gasteiger partial charge in [0, 0.05) is 37.8 Å². The normalized spacial score (nSPS) is 10.1. The molecule has 0 saturated heterocycles. The molecular formula is C15H18N4O2. The van der Waals surface area contributed by atoms with Crippen LogP contribution < -0.4 is 10.1 Å². The molecule has 0 fully saturated rings. The number of aryl methyl sites for hydroxylation is 1. The molecule has 0 aliphatic heterocycles. The predicted molar refractivity (Wildman–Crippen MR) is 77.7 cm³/mol. The van der Waals surface area contributed by atoms with Gasteiger partial charge in [-0.2, -0.15) is 0 Å². The second kappa shape index (κ2) is 8.63. The lowest BCUT2D eigenvalue weighted by Gasteiger charge is -2.06. The lowest BCUT2D eigenvalue weighted by Crippen LogP contribution is -2.25. The first-order valence-corrected chi connectivity index (χ1v) is 6.90. The van der Waals surface area contributed by atoms with Crippen LogP contribution in [0.2, 0.25) is 0 Å². The Hall–Kier alpha value is -2.50. The Labute approximate surface area is 123 Å². The van der Waals surface area contributed by atoms with E-state index in [4.69, 9.17) is 4.74 Å². The molecule has 0 aromatic carbocycles. The lowest BCUT2D eigenvalue weighted by molar-refractivity contribution is -0.121. The van der Waals surface area contributed by atoms with Crippen molar-refractivity contribution in [3.05, 3.63) is 48.5 Å². The number of carbonyl (C=O) groups is 1. The minimum Gasteiger partial charge on any atom is -0.463 e. The Morgan fingerprint density at radius 1 is 1.14 bits per heavy atom. The molecular weight excluding hydrogens is 268 g/mol. The van der Waals surface area contributed by atoms with Crippen molar-refractivity contribution in [1.82, 2.24) is 20.3 Å². The summed E-state index contributed by atoms with van der Waals surface area (Å²) in [7, 11) is 0. The first-order chi connectivity index (χ1) is 10.3. The van der Waals surface area contributed by atoms with Crippen molar-refractivity contribution in [1.29, 1.82) is 0 Å². The van der Waals surface area contributed by atoms with E-state index in [1.165, 1.54) is 0 Å². The molecule has 0 radical (unpaired) electrons. The molecule has 6 nitrogen and oxygen atoms in total. The maximum atomic E-state index is 11.7. The molecule has 0 spiro atoms. The Balaban J connectivity index is 1.53. The molecule has 6 heteroatoms. The van der Waals surface area contributed by atoms with Gasteiger partial charge in [-0.25, -0.2) is 9.97 Å². The lowest BCUT2D eigenvalue weighted by atomic mass is 10.1. The van der Waals surface area contributed by atoms with Crippen molar-refractivity contribution >= 4 is 5.91 Å². The molecule has 0 aliphatic rings. The van der Waals surface area contributed by atoms with E-state index in [1.807, 2.05) is 12.1 Å². The molecule has 21 heavy (non-hydrogen) atoms. The van der Waals surface area contributed by atoms with Gasteiger partial charge >= 0.3 is 6.01 Å². The molecule has 1 amide bonds. The monoisotopic (exact) mass is 286 g/mol. The van der Waals surface area contributed by atoms with Gasteiger partial charge in [0.1, 0.15) is 0 Å². The fourth-order valence-corrected chi connectivity index (χ4v) is 1.72. The number of nitrogens with zero attached hydrogens (tertiary/aromatic N) is 3. The van der Waals surface area contributed by atoms with Crippen LogP contribution in [-0.2, 0) is 11.2 Å². The fourth-order valence-electron chi connectivity index (χ4n) is 1.72. The summed E-state index contributed by atoms with van der Waals surface area (Å²) in [6.07, 6.45) is 8.65. The number of hydrogen-bond donors (Lipinski definition) is 1. The largest absolute Gasteiger partial charge is 0.463 e. The topological polar surface area (TPSA) is 77.0 Å². The minimum absolute atomic E-state index is 0.0442. The third-order valence-electron chi connectivity index (χ3n) is 2.81. The Morgan fingerprint density at radius 2 is 1.90 bits per heavy atom. The zero-order valence-corrected chi connectivity index (χ0v) is 11.7. The third kappa shape index (κ3) is 5.99. The second-order valence-corrected chi connectivity index (χ2v) is 4.44. The van der Waals surface area contributed by atoms with Crippen molar-refractivity contribution in [3.8, 4) is 6.01 Å². The molecule has 0 saturated carbocycles. The zero-order valence-electron chi connectivity index (χ0n) is 11.7. The van der Waals surface area contributed by atoms with Gasteiger partial charge < -0.3 is 10.1 Å². The summed E-state index contributed by atoms with van der Waals surface area (Å²) in [5.74, 6) is 0.0442. The molecule has 110 valence electrons. The van der Waals surface area contributed by atoms with Gasteiger partial charge in [0.2, 0.25) is 5.91 Å². The van der Waals surface area contributed by atoms with Gasteiger partial charge in [-0.05, 0) is 36.6 Å². The fraction of sp³-hybridized carbons (Fsp3) is 0.333. The number of ether oxygens (including phenoxy) is 1. The van der Waals surface area contributed by atoms with Crippen molar-refractivity contribution in [2.45, 2.75) is 19.3 Å². The van der Waals surface area contributed by atoms with Crippen molar-refractivity contribution < 1.29 is 9.53 Å². The Morgan fingerprint density at radius 3 is 2.67 bits per heavy atom. The second-order valence-electron chi connectivity index (χ2n) is 4.44. The van der Waals surface area contributed by atoms with Crippen LogP contribution in [0.3, 0.4) is 0 Å². The average Bonchev–Trinajstić information content (AvgIpc) is 2.54. The van der Waals surface area contributed by atoms with Gasteiger partial charge in [0.25, 0.3) is 0 Å². The van der Waals surface area contributed by atoms with Crippen LogP contribution in [0.1, 0.15) is 18.4 Å². The predicted octanol–water partition coefficient (Wildman–Crippen LogP) is 1.39. The van der Waals surface area contributed by atoms with E-state index in [2.05, 4.69) is 20.3 Å². The molecule has 2 aromatic rings. The summed E-state index contributed by atoms with van der Waals surface area (Å²) < 4.78 is 5.34. The molecule has 0 atom stereocenters. The highest BCUT2D eigenvalue weighted by molar-refractivity contribution is 5.76. The van der Waals surface area contributed by atoms with E-state index < -0.39 is 0 Å². The molecule has 2 aromatic heterocycles. The SMILES string of the molecule is O=C(CCc1ccncc1)NCCCOc1ncccn1. The summed E-state index contributed by atoms with van der Waals surface area (Å²) in [6.45, 7) is 1.07. The van der Waals surface area contributed by atoms with Gasteiger partial charge in [-0.15, -0.1) is 0 Å². The van der Waals surface area contributed by atoms with Gasteiger partial charge in [-0.1, -0.05) is 0 Å². The number of hydrogen-bond acceptors (Lipinski definition) is 5. The van der Waals surface area contributed by atoms with Crippen LogP contribution in [0.4, 0.5) is 0 Å². The quantitative estimate of drug-likeness (QED) is 0.742. The summed E-state index contributed by atoms with van der Waals surface area (Å²) in [5.41, 5.74) is 1.12. The first kappa shape index (κ1) is 14.9. The number of rotatable bonds is 8. The van der Waals surface area contributed by atoms with Crippen molar-refractivity contribution in [2.75, 3.05) is 13.2 Å². The van der Waals surface area contributed by atoms with Crippen LogP contribution in [0, 0.1) is 0 Å². The van der Waals surface area contributed by atoms with E-state index in [0.717, 1.165) is 18.4 Å². The van der Waals surface area contributed by atoms with Crippen LogP contribution in [0.5, 0.6) is 6.01 Å². The van der Waals surface area contributed by atoms with Crippen LogP contribution in [0.15, 0.2) is 43.0 Å². The standard InChI is InChI=1S/C15H18N4O2/c20-14(4-3-13-5-10-16-11-6-13)17-9-2-12-21-15-18-7-1-8-19-15/h1,5-8,10-11H,2-4,9,12H2,(H,17,20). The maximum Gasteiger partial charge on any atom is 0.316 e. The van der Waals surface area contributed by atoms with Crippen LogP contribution in [0.25, 0.3) is 0 Å². The summed E-state index contributed by atoms with van der Waals surface area (Å²) in [4.78, 5) is 23.5. The minimum atomic E-state index is 0.0442. The van der Waals surface area contributed by atoms with Crippen LogP contribution in [-0.4, -0.2) is 34.0 Å². The highest BCUT2D eigenvalue weighted by atomic mass is 16.5. The van der Waals surface area contributed by atoms with E-state index >= 15 is 0 Å². The smallest absolute Gasteiger partial charge is 0.316 e. The van der Waals surface area contributed by atoms with E-state index in [1.54, 1.807) is 30.9 Å². The highest BCUT2D eigenvalue weighted by Crippen LogP contribution is 2.01. The van der Waals surface area contributed by atoms with Crippen LogP contribution >= 0.6 is 0 Å². The van der Waals surface area contributed by atoms with Gasteiger partial charge in [-0.3, -0.25) is 9.78 Å². The molecule has 0 unspecified atom stereocenters. The molecule has 1 N–H and O–H groups in total.